The second-order valence-electron chi connectivity index (χ2n) is 10.6. The fourth-order valence-corrected chi connectivity index (χ4v) is 5.48. The number of unbranched alkanes of at least 4 members (excludes halogenated alkanes) is 2. The van der Waals surface area contributed by atoms with Crippen LogP contribution >= 0.6 is 0 Å². The number of benzene rings is 1. The van der Waals surface area contributed by atoms with Gasteiger partial charge in [0, 0.05) is 36.9 Å². The van der Waals surface area contributed by atoms with E-state index in [4.69, 9.17) is 9.72 Å². The Morgan fingerprint density at radius 3 is 2.89 bits per heavy atom. The first-order chi connectivity index (χ1) is 17.9. The van der Waals surface area contributed by atoms with Crippen molar-refractivity contribution in [2.24, 2.45) is 0 Å². The second-order valence-corrected chi connectivity index (χ2v) is 10.6. The maximum absolute atomic E-state index is 14.8. The summed E-state index contributed by atoms with van der Waals surface area (Å²) in [5.41, 5.74) is 3.65. The molecule has 2 aromatic rings. The van der Waals surface area contributed by atoms with Crippen LogP contribution in [0.1, 0.15) is 80.3 Å². The quantitative estimate of drug-likeness (QED) is 0.348. The number of aliphatic carboxylic acids is 1. The van der Waals surface area contributed by atoms with Gasteiger partial charge < -0.3 is 20.5 Å². The molecule has 1 aromatic heterocycles. The highest BCUT2D eigenvalue weighted by molar-refractivity contribution is 5.77. The number of carboxylic acids is 1. The SMILES string of the molecule is COc1c(F)cc(C(C)C)cc1C(C(=O)O)N1CC[C@@H](NCCCCCc2ccc3c(n2)NCCC3)C1. The van der Waals surface area contributed by atoms with Gasteiger partial charge in [-0.1, -0.05) is 26.3 Å². The monoisotopic (exact) mass is 512 g/mol. The molecular formula is C29H41FN4O3. The van der Waals surface area contributed by atoms with Gasteiger partial charge in [-0.15, -0.1) is 0 Å². The summed E-state index contributed by atoms with van der Waals surface area (Å²) >= 11 is 0. The van der Waals surface area contributed by atoms with Gasteiger partial charge in [0.05, 0.1) is 7.11 Å². The number of aromatic nitrogens is 1. The number of methoxy groups -OCH3 is 1. The number of pyridine rings is 1. The summed E-state index contributed by atoms with van der Waals surface area (Å²) in [6.07, 6.45) is 7.42. The van der Waals surface area contributed by atoms with Gasteiger partial charge in [-0.05, 0) is 80.3 Å². The van der Waals surface area contributed by atoms with Gasteiger partial charge in [0.15, 0.2) is 11.6 Å². The molecule has 0 bridgehead atoms. The Hall–Kier alpha value is -2.71. The Bertz CT molecular complexity index is 1080. The van der Waals surface area contributed by atoms with Gasteiger partial charge in [-0.2, -0.15) is 0 Å². The first kappa shape index (κ1) is 27.3. The van der Waals surface area contributed by atoms with Gasteiger partial charge in [0.1, 0.15) is 11.9 Å². The molecule has 1 unspecified atom stereocenters. The number of ether oxygens (including phenoxy) is 1. The van der Waals surface area contributed by atoms with Gasteiger partial charge in [0.2, 0.25) is 0 Å². The molecule has 4 rings (SSSR count). The third-order valence-corrected chi connectivity index (χ3v) is 7.57. The second kappa shape index (κ2) is 12.7. The molecule has 3 N–H and O–H groups in total. The van der Waals surface area contributed by atoms with Gasteiger partial charge >= 0.3 is 5.97 Å². The van der Waals surface area contributed by atoms with Gasteiger partial charge in [-0.25, -0.2) is 9.37 Å². The Balaban J connectivity index is 1.25. The summed E-state index contributed by atoms with van der Waals surface area (Å²) in [7, 11) is 1.39. The van der Waals surface area contributed by atoms with E-state index in [1.54, 1.807) is 6.07 Å². The average Bonchev–Trinajstić information content (AvgIpc) is 3.33. The van der Waals surface area contributed by atoms with Crippen LogP contribution in [0.25, 0.3) is 0 Å². The third-order valence-electron chi connectivity index (χ3n) is 7.57. The predicted octanol–water partition coefficient (Wildman–Crippen LogP) is 4.91. The highest BCUT2D eigenvalue weighted by Gasteiger charge is 2.36. The van der Waals surface area contributed by atoms with Crippen LogP contribution in [0.3, 0.4) is 0 Å². The fourth-order valence-electron chi connectivity index (χ4n) is 5.48. The number of hydrogen-bond donors (Lipinski definition) is 3. The van der Waals surface area contributed by atoms with Crippen molar-refractivity contribution in [1.29, 1.82) is 0 Å². The largest absolute Gasteiger partial charge is 0.493 e. The van der Waals surface area contributed by atoms with Crippen LogP contribution in [0.4, 0.5) is 10.2 Å². The molecule has 0 aliphatic carbocycles. The molecule has 202 valence electrons. The van der Waals surface area contributed by atoms with E-state index in [-0.39, 0.29) is 17.7 Å². The number of rotatable bonds is 12. The maximum atomic E-state index is 14.8. The summed E-state index contributed by atoms with van der Waals surface area (Å²) < 4.78 is 20.1. The summed E-state index contributed by atoms with van der Waals surface area (Å²) in [5.74, 6) is -0.318. The summed E-state index contributed by atoms with van der Waals surface area (Å²) in [4.78, 5) is 19.0. The number of nitrogens with one attached hydrogen (secondary N) is 2. The van der Waals surface area contributed by atoms with Crippen molar-refractivity contribution in [3.8, 4) is 5.75 Å². The number of hydrogen-bond acceptors (Lipinski definition) is 6. The van der Waals surface area contributed by atoms with E-state index < -0.39 is 17.8 Å². The lowest BCUT2D eigenvalue weighted by Gasteiger charge is -2.27. The van der Waals surface area contributed by atoms with E-state index in [9.17, 15) is 14.3 Å². The molecule has 8 heteroatoms. The smallest absolute Gasteiger partial charge is 0.325 e. The van der Waals surface area contributed by atoms with E-state index in [0.717, 1.165) is 68.7 Å². The number of halogens is 1. The normalized spacial score (nSPS) is 18.5. The highest BCUT2D eigenvalue weighted by atomic mass is 19.1. The zero-order chi connectivity index (χ0) is 26.4. The lowest BCUT2D eigenvalue weighted by Crippen LogP contribution is -2.37. The molecule has 1 fully saturated rings. The standard InChI is InChI=1S/C29H41FN4O3/c1-19(2)21-16-24(27(37-3)25(30)17-21)26(29(35)36)34-15-12-23(18-34)31-13-6-4-5-9-22-11-10-20-8-7-14-32-28(20)33-22/h10-11,16-17,19,23,26,31H,4-9,12-15,18H2,1-3H3,(H,32,33)(H,35,36)/t23-,26?/m1/s1. The fraction of sp³-hybridized carbons (Fsp3) is 0.586. The van der Waals surface area contributed by atoms with Crippen LogP contribution in [-0.4, -0.2) is 60.3 Å². The average molecular weight is 513 g/mol. The van der Waals surface area contributed by atoms with E-state index in [0.29, 0.717) is 18.7 Å². The van der Waals surface area contributed by atoms with Crippen LogP contribution in [0.5, 0.6) is 5.75 Å². The Labute approximate surface area is 219 Å². The molecule has 2 atom stereocenters. The molecule has 0 amide bonds. The minimum Gasteiger partial charge on any atom is -0.493 e. The molecular weight excluding hydrogens is 471 g/mol. The van der Waals surface area contributed by atoms with Crippen molar-refractivity contribution in [3.63, 3.8) is 0 Å². The molecule has 1 aromatic carbocycles. The van der Waals surface area contributed by atoms with Gasteiger partial charge in [-0.3, -0.25) is 9.69 Å². The zero-order valence-corrected chi connectivity index (χ0v) is 22.4. The van der Waals surface area contributed by atoms with Crippen LogP contribution in [0.2, 0.25) is 0 Å². The van der Waals surface area contributed by atoms with E-state index in [2.05, 4.69) is 22.8 Å². The van der Waals surface area contributed by atoms with Crippen molar-refractivity contribution < 1.29 is 19.0 Å². The Kier molecular flexibility index (Phi) is 9.38. The Morgan fingerprint density at radius 2 is 2.14 bits per heavy atom. The Morgan fingerprint density at radius 1 is 1.30 bits per heavy atom. The first-order valence-corrected chi connectivity index (χ1v) is 13.7. The molecule has 3 heterocycles. The molecule has 0 saturated carbocycles. The van der Waals surface area contributed by atoms with Crippen molar-refractivity contribution in [2.45, 2.75) is 76.8 Å². The van der Waals surface area contributed by atoms with Gasteiger partial charge in [0.25, 0.3) is 0 Å². The van der Waals surface area contributed by atoms with Crippen molar-refractivity contribution >= 4 is 11.8 Å². The lowest BCUT2D eigenvalue weighted by molar-refractivity contribution is -0.143. The van der Waals surface area contributed by atoms with Crippen molar-refractivity contribution in [3.05, 3.63) is 52.5 Å². The molecule has 2 aliphatic heterocycles. The predicted molar refractivity (Wildman–Crippen MR) is 144 cm³/mol. The topological polar surface area (TPSA) is 86.7 Å². The minimum atomic E-state index is -0.981. The number of carboxylic acid groups (broad SMARTS) is 1. The van der Waals surface area contributed by atoms with Crippen molar-refractivity contribution in [2.75, 3.05) is 38.6 Å². The lowest BCUT2D eigenvalue weighted by atomic mass is 9.95. The summed E-state index contributed by atoms with van der Waals surface area (Å²) in [6.45, 7) is 7.10. The van der Waals surface area contributed by atoms with E-state index in [1.165, 1.54) is 25.2 Å². The van der Waals surface area contributed by atoms with Crippen molar-refractivity contribution in [1.82, 2.24) is 15.2 Å². The summed E-state index contributed by atoms with van der Waals surface area (Å²) in [6, 6.07) is 6.89. The van der Waals surface area contributed by atoms with E-state index >= 15 is 0 Å². The van der Waals surface area contributed by atoms with E-state index in [1.807, 2.05) is 18.7 Å². The molecule has 1 saturated heterocycles. The number of anilines is 1. The number of likely N-dealkylation sites (tertiary alicyclic amines) is 1. The minimum absolute atomic E-state index is 0.0254. The number of carbonyl (C=O) groups is 1. The van der Waals surface area contributed by atoms with Crippen LogP contribution in [0, 0.1) is 5.82 Å². The number of nitrogens with zero attached hydrogens (tertiary/aromatic N) is 2. The number of aryl methyl sites for hydroxylation is 2. The van der Waals surface area contributed by atoms with Crippen LogP contribution < -0.4 is 15.4 Å². The summed E-state index contributed by atoms with van der Waals surface area (Å²) in [5, 5.41) is 17.1. The van der Waals surface area contributed by atoms with Crippen LogP contribution in [0.15, 0.2) is 24.3 Å². The zero-order valence-electron chi connectivity index (χ0n) is 22.4. The molecule has 0 spiro atoms. The number of fused-ring (bicyclic) bond motifs is 1. The first-order valence-electron chi connectivity index (χ1n) is 13.7. The van der Waals surface area contributed by atoms with Crippen LogP contribution in [-0.2, 0) is 17.6 Å². The molecule has 37 heavy (non-hydrogen) atoms. The third kappa shape index (κ3) is 6.79. The highest BCUT2D eigenvalue weighted by Crippen LogP contribution is 2.36. The molecule has 2 aliphatic rings. The molecule has 0 radical (unpaired) electrons. The maximum Gasteiger partial charge on any atom is 0.325 e. The molecule has 7 nitrogen and oxygen atoms in total.